The van der Waals surface area contributed by atoms with Crippen molar-refractivity contribution >= 4 is 11.7 Å². The van der Waals surface area contributed by atoms with Gasteiger partial charge < -0.3 is 20.7 Å². The molecule has 0 aliphatic rings. The van der Waals surface area contributed by atoms with Crippen LogP contribution in [0.5, 0.6) is 0 Å². The van der Waals surface area contributed by atoms with Crippen LogP contribution in [0.15, 0.2) is 18.2 Å². The van der Waals surface area contributed by atoms with Crippen LogP contribution in [-0.2, 0) is 11.2 Å². The van der Waals surface area contributed by atoms with E-state index in [2.05, 4.69) is 0 Å². The van der Waals surface area contributed by atoms with Crippen molar-refractivity contribution in [3.63, 3.8) is 0 Å². The molecule has 0 spiro atoms. The van der Waals surface area contributed by atoms with Gasteiger partial charge in [-0.25, -0.2) is 4.79 Å². The number of nitrogen functional groups attached to an aromatic ring is 1. The second-order valence-corrected chi connectivity index (χ2v) is 5.75. The van der Waals surface area contributed by atoms with Crippen molar-refractivity contribution in [3.05, 3.63) is 29.3 Å². The van der Waals surface area contributed by atoms with Gasteiger partial charge in [-0.1, -0.05) is 12.1 Å². The van der Waals surface area contributed by atoms with Crippen molar-refractivity contribution in [2.24, 2.45) is 0 Å². The number of hydrogen-bond donors (Lipinski definition) is 3. The molecule has 5 nitrogen and oxygen atoms in total. The van der Waals surface area contributed by atoms with Crippen LogP contribution in [0.2, 0.25) is 0 Å². The zero-order chi connectivity index (χ0) is 15.3. The summed E-state index contributed by atoms with van der Waals surface area (Å²) in [6, 6.07) is 5.06. The minimum atomic E-state index is -0.684. The van der Waals surface area contributed by atoms with E-state index in [1.165, 1.54) is 0 Å². The third-order valence-corrected chi connectivity index (χ3v) is 2.73. The first kappa shape index (κ1) is 16.5. The lowest BCUT2D eigenvalue weighted by Gasteiger charge is -2.21. The Bertz CT molecular complexity index is 465. The maximum absolute atomic E-state index is 12.0. The van der Waals surface area contributed by atoms with Crippen molar-refractivity contribution in [2.75, 3.05) is 12.3 Å². The predicted molar refractivity (Wildman–Crippen MR) is 77.4 cm³/mol. The van der Waals surface area contributed by atoms with Gasteiger partial charge in [0.25, 0.3) is 0 Å². The van der Waals surface area contributed by atoms with Crippen molar-refractivity contribution < 1.29 is 19.7 Å². The molecule has 0 amide bonds. The Morgan fingerprint density at radius 2 is 2.05 bits per heavy atom. The molecule has 0 aliphatic carbocycles. The van der Waals surface area contributed by atoms with Crippen molar-refractivity contribution in [2.45, 2.75) is 45.3 Å². The summed E-state index contributed by atoms with van der Waals surface area (Å²) in [7, 11) is 0. The molecule has 0 aromatic heterocycles. The second kappa shape index (κ2) is 6.72. The third-order valence-electron chi connectivity index (χ3n) is 2.73. The highest BCUT2D eigenvalue weighted by molar-refractivity contribution is 5.96. The van der Waals surface area contributed by atoms with Gasteiger partial charge in [-0.15, -0.1) is 0 Å². The fourth-order valence-electron chi connectivity index (χ4n) is 1.81. The molecule has 0 saturated carbocycles. The molecule has 20 heavy (non-hydrogen) atoms. The van der Waals surface area contributed by atoms with Gasteiger partial charge in [0.05, 0.1) is 11.7 Å². The number of esters is 1. The number of aliphatic hydroxyl groups is 2. The number of carbonyl (C=O) groups is 1. The lowest BCUT2D eigenvalue weighted by Crippen LogP contribution is -2.25. The second-order valence-electron chi connectivity index (χ2n) is 5.75. The number of hydrogen-bond acceptors (Lipinski definition) is 5. The van der Waals surface area contributed by atoms with E-state index >= 15 is 0 Å². The van der Waals surface area contributed by atoms with E-state index in [9.17, 15) is 9.90 Å². The SMILES string of the molecule is CC(C)(C)OC(=O)c1cccc(CC(O)CCO)c1N. The maximum atomic E-state index is 12.0. The highest BCUT2D eigenvalue weighted by Crippen LogP contribution is 2.22. The predicted octanol–water partition coefficient (Wildman–Crippen LogP) is 1.51. The molecule has 1 aromatic carbocycles. The Morgan fingerprint density at radius 1 is 1.40 bits per heavy atom. The van der Waals surface area contributed by atoms with Crippen LogP contribution in [0.1, 0.15) is 43.1 Å². The minimum Gasteiger partial charge on any atom is -0.456 e. The summed E-state index contributed by atoms with van der Waals surface area (Å²) >= 11 is 0. The molecule has 0 radical (unpaired) electrons. The molecule has 4 N–H and O–H groups in total. The Balaban J connectivity index is 2.92. The van der Waals surface area contributed by atoms with E-state index in [1.54, 1.807) is 39.0 Å². The van der Waals surface area contributed by atoms with E-state index < -0.39 is 17.7 Å². The molecule has 1 rings (SSSR count). The molecule has 1 atom stereocenters. The van der Waals surface area contributed by atoms with Crippen LogP contribution < -0.4 is 5.73 Å². The number of rotatable bonds is 5. The van der Waals surface area contributed by atoms with E-state index in [4.69, 9.17) is 15.6 Å². The minimum absolute atomic E-state index is 0.0904. The number of benzene rings is 1. The van der Waals surface area contributed by atoms with E-state index in [0.29, 0.717) is 23.2 Å². The van der Waals surface area contributed by atoms with Crippen LogP contribution in [-0.4, -0.2) is 34.5 Å². The average molecular weight is 281 g/mol. The van der Waals surface area contributed by atoms with Gasteiger partial charge in [0.2, 0.25) is 0 Å². The van der Waals surface area contributed by atoms with Gasteiger partial charge in [-0.3, -0.25) is 0 Å². The van der Waals surface area contributed by atoms with Crippen LogP contribution in [0.3, 0.4) is 0 Å². The Hall–Kier alpha value is -1.59. The monoisotopic (exact) mass is 281 g/mol. The standard InChI is InChI=1S/C15H23NO4/c1-15(2,3)20-14(19)12-6-4-5-10(13(12)16)9-11(18)7-8-17/h4-6,11,17-18H,7-9,16H2,1-3H3. The number of aliphatic hydroxyl groups excluding tert-OH is 2. The molecular formula is C15H23NO4. The molecule has 1 unspecified atom stereocenters. The summed E-state index contributed by atoms with van der Waals surface area (Å²) in [5.74, 6) is -0.478. The average Bonchev–Trinajstić information content (AvgIpc) is 2.29. The summed E-state index contributed by atoms with van der Waals surface area (Å²) in [6.07, 6.45) is -0.115. The fraction of sp³-hybridized carbons (Fsp3) is 0.533. The quantitative estimate of drug-likeness (QED) is 0.562. The largest absolute Gasteiger partial charge is 0.456 e. The molecule has 5 heteroatoms. The van der Waals surface area contributed by atoms with Crippen LogP contribution in [0.4, 0.5) is 5.69 Å². The van der Waals surface area contributed by atoms with Crippen LogP contribution in [0, 0.1) is 0 Å². The summed E-state index contributed by atoms with van der Waals surface area (Å²) in [5.41, 5.74) is 6.68. The van der Waals surface area contributed by atoms with Crippen molar-refractivity contribution in [3.8, 4) is 0 Å². The number of para-hydroxylation sites is 1. The molecule has 1 aromatic rings. The topological polar surface area (TPSA) is 92.8 Å². The van der Waals surface area contributed by atoms with Crippen molar-refractivity contribution in [1.29, 1.82) is 0 Å². The number of carbonyl (C=O) groups excluding carboxylic acids is 1. The van der Waals surface area contributed by atoms with Gasteiger partial charge in [-0.2, -0.15) is 0 Å². The summed E-state index contributed by atoms with van der Waals surface area (Å²) in [4.78, 5) is 12.0. The summed E-state index contributed by atoms with van der Waals surface area (Å²) in [6.45, 7) is 5.27. The number of ether oxygens (including phenoxy) is 1. The van der Waals surface area contributed by atoms with E-state index in [-0.39, 0.29) is 13.0 Å². The molecular weight excluding hydrogens is 258 g/mol. The van der Waals surface area contributed by atoms with E-state index in [1.807, 2.05) is 0 Å². The lowest BCUT2D eigenvalue weighted by atomic mass is 10.0. The Labute approximate surface area is 119 Å². The third kappa shape index (κ3) is 4.83. The molecule has 112 valence electrons. The van der Waals surface area contributed by atoms with E-state index in [0.717, 1.165) is 0 Å². The molecule has 0 aliphatic heterocycles. The first-order valence-corrected chi connectivity index (χ1v) is 6.64. The Morgan fingerprint density at radius 3 is 2.60 bits per heavy atom. The normalized spacial score (nSPS) is 13.1. The van der Waals surface area contributed by atoms with Gasteiger partial charge in [-0.05, 0) is 38.8 Å². The van der Waals surface area contributed by atoms with Crippen molar-refractivity contribution in [1.82, 2.24) is 0 Å². The number of nitrogens with two attached hydrogens (primary N) is 1. The fourth-order valence-corrected chi connectivity index (χ4v) is 1.81. The van der Waals surface area contributed by atoms with Gasteiger partial charge in [0.15, 0.2) is 0 Å². The van der Waals surface area contributed by atoms with Crippen LogP contribution in [0.25, 0.3) is 0 Å². The Kier molecular flexibility index (Phi) is 5.53. The van der Waals surface area contributed by atoms with Gasteiger partial charge in [0.1, 0.15) is 5.60 Å². The highest BCUT2D eigenvalue weighted by atomic mass is 16.6. The summed E-state index contributed by atoms with van der Waals surface area (Å²) in [5, 5.41) is 18.5. The zero-order valence-corrected chi connectivity index (χ0v) is 12.2. The van der Waals surface area contributed by atoms with Gasteiger partial charge >= 0.3 is 5.97 Å². The molecule has 0 saturated heterocycles. The zero-order valence-electron chi connectivity index (χ0n) is 12.2. The molecule has 0 heterocycles. The van der Waals surface area contributed by atoms with Crippen LogP contribution >= 0.6 is 0 Å². The number of anilines is 1. The first-order valence-electron chi connectivity index (χ1n) is 6.64. The first-order chi connectivity index (χ1) is 9.24. The smallest absolute Gasteiger partial charge is 0.340 e. The molecule has 0 bridgehead atoms. The highest BCUT2D eigenvalue weighted by Gasteiger charge is 2.21. The lowest BCUT2D eigenvalue weighted by molar-refractivity contribution is 0.00705. The summed E-state index contributed by atoms with van der Waals surface area (Å²) < 4.78 is 5.29. The molecule has 0 fully saturated rings. The maximum Gasteiger partial charge on any atom is 0.340 e. The van der Waals surface area contributed by atoms with Gasteiger partial charge in [0, 0.05) is 18.7 Å².